The molecule has 3 rings (SSSR count). The Morgan fingerprint density at radius 3 is 2.52 bits per heavy atom. The summed E-state index contributed by atoms with van der Waals surface area (Å²) in [5.41, 5.74) is 3.91. The highest BCUT2D eigenvalue weighted by Crippen LogP contribution is 2.29. The fourth-order valence-corrected chi connectivity index (χ4v) is 3.28. The maximum atomic E-state index is 12.6. The third-order valence-corrected chi connectivity index (χ3v) is 5.01. The molecule has 1 atom stereocenters. The van der Waals surface area contributed by atoms with E-state index in [9.17, 15) is 4.79 Å². The van der Waals surface area contributed by atoms with Crippen LogP contribution in [0.25, 0.3) is 11.5 Å². The Hall–Kier alpha value is -2.40. The molecule has 0 aliphatic carbocycles. The molecule has 1 aromatic heterocycles. The number of ketones is 1. The van der Waals surface area contributed by atoms with Gasteiger partial charge in [-0.1, -0.05) is 61.2 Å². The molecule has 0 spiro atoms. The van der Waals surface area contributed by atoms with Crippen molar-refractivity contribution in [3.8, 4) is 11.5 Å². The average Bonchev–Trinajstić information content (AvgIpc) is 3.09. The first-order valence-corrected chi connectivity index (χ1v) is 9.15. The second kappa shape index (κ2) is 7.66. The number of carbonyl (C=O) groups is 1. The van der Waals surface area contributed by atoms with Crippen LogP contribution in [0.15, 0.2) is 58.2 Å². The molecule has 1 heterocycles. The van der Waals surface area contributed by atoms with Crippen molar-refractivity contribution in [2.24, 2.45) is 0 Å². The number of hydrogen-bond acceptors (Lipinski definition) is 5. The van der Waals surface area contributed by atoms with Gasteiger partial charge in [0.2, 0.25) is 5.89 Å². The molecule has 5 heteroatoms. The van der Waals surface area contributed by atoms with Crippen molar-refractivity contribution >= 4 is 17.5 Å². The maximum absolute atomic E-state index is 12.6. The van der Waals surface area contributed by atoms with E-state index in [1.807, 2.05) is 62.4 Å². The monoisotopic (exact) mass is 352 g/mol. The van der Waals surface area contributed by atoms with Gasteiger partial charge in [-0.15, -0.1) is 10.2 Å². The van der Waals surface area contributed by atoms with Crippen LogP contribution in [0.1, 0.15) is 35.3 Å². The molecule has 0 aliphatic heterocycles. The van der Waals surface area contributed by atoms with Crippen LogP contribution < -0.4 is 0 Å². The molecule has 0 fully saturated rings. The minimum absolute atomic E-state index is 0.0586. The average molecular weight is 352 g/mol. The van der Waals surface area contributed by atoms with Crippen LogP contribution in [0.3, 0.4) is 0 Å². The first kappa shape index (κ1) is 17.4. The Balaban J connectivity index is 1.71. The summed E-state index contributed by atoms with van der Waals surface area (Å²) in [7, 11) is 0. The van der Waals surface area contributed by atoms with Gasteiger partial charge < -0.3 is 4.42 Å². The number of rotatable bonds is 6. The summed E-state index contributed by atoms with van der Waals surface area (Å²) < 4.78 is 5.73. The minimum Gasteiger partial charge on any atom is -0.411 e. The van der Waals surface area contributed by atoms with Gasteiger partial charge in [0.25, 0.3) is 5.22 Å². The van der Waals surface area contributed by atoms with Crippen LogP contribution in [0, 0.1) is 6.92 Å². The van der Waals surface area contributed by atoms with E-state index in [-0.39, 0.29) is 11.0 Å². The number of hydrogen-bond donors (Lipinski definition) is 0. The quantitative estimate of drug-likeness (QED) is 0.463. The van der Waals surface area contributed by atoms with Crippen LogP contribution >= 0.6 is 11.8 Å². The van der Waals surface area contributed by atoms with Gasteiger partial charge in [0.1, 0.15) is 0 Å². The number of nitrogens with zero attached hydrogens (tertiary/aromatic N) is 2. The fraction of sp³-hybridized carbons (Fsp3) is 0.250. The largest absolute Gasteiger partial charge is 0.411 e. The van der Waals surface area contributed by atoms with Crippen LogP contribution in [0.5, 0.6) is 0 Å². The molecule has 0 amide bonds. The second-order valence-corrected chi connectivity index (χ2v) is 7.15. The smallest absolute Gasteiger partial charge is 0.277 e. The molecule has 0 N–H and O–H groups in total. The van der Waals surface area contributed by atoms with Crippen molar-refractivity contribution in [1.82, 2.24) is 10.2 Å². The highest BCUT2D eigenvalue weighted by Gasteiger charge is 2.20. The van der Waals surface area contributed by atoms with Crippen molar-refractivity contribution < 1.29 is 9.21 Å². The third-order valence-electron chi connectivity index (χ3n) is 4.08. The van der Waals surface area contributed by atoms with Crippen molar-refractivity contribution in [3.05, 3.63) is 65.2 Å². The van der Waals surface area contributed by atoms with Crippen LogP contribution in [-0.2, 0) is 6.42 Å². The Labute approximate surface area is 151 Å². The van der Waals surface area contributed by atoms with Gasteiger partial charge in [-0.2, -0.15) is 0 Å². The fourth-order valence-electron chi connectivity index (χ4n) is 2.52. The van der Waals surface area contributed by atoms with Gasteiger partial charge >= 0.3 is 0 Å². The van der Waals surface area contributed by atoms with E-state index >= 15 is 0 Å². The Bertz CT molecular complexity index is 871. The Morgan fingerprint density at radius 1 is 1.12 bits per heavy atom. The zero-order valence-corrected chi connectivity index (χ0v) is 15.3. The van der Waals surface area contributed by atoms with Gasteiger partial charge in [-0.25, -0.2) is 0 Å². The number of Topliss-reactive ketones (excluding diaryl/α,β-unsaturated/α-hetero) is 1. The lowest BCUT2D eigenvalue weighted by molar-refractivity contribution is 0.0993. The van der Waals surface area contributed by atoms with E-state index in [1.165, 1.54) is 17.3 Å². The summed E-state index contributed by atoms with van der Waals surface area (Å²) in [6, 6.07) is 15.6. The molecular formula is C20H20N2O2S. The van der Waals surface area contributed by atoms with Gasteiger partial charge in [-0.3, -0.25) is 4.79 Å². The second-order valence-electron chi connectivity index (χ2n) is 5.86. The molecule has 3 aromatic rings. The molecule has 0 saturated heterocycles. The van der Waals surface area contributed by atoms with Gasteiger partial charge in [-0.05, 0) is 37.5 Å². The summed E-state index contributed by atoms with van der Waals surface area (Å²) in [4.78, 5) is 12.6. The van der Waals surface area contributed by atoms with E-state index < -0.39 is 0 Å². The molecule has 1 unspecified atom stereocenters. The summed E-state index contributed by atoms with van der Waals surface area (Å²) in [6.07, 6.45) is 0.961. The lowest BCUT2D eigenvalue weighted by atomic mass is 10.1. The topological polar surface area (TPSA) is 56.0 Å². The third kappa shape index (κ3) is 3.99. The number of carbonyl (C=O) groups excluding carboxylic acids is 1. The molecule has 25 heavy (non-hydrogen) atoms. The maximum Gasteiger partial charge on any atom is 0.277 e. The normalized spacial score (nSPS) is 12.1. The number of aryl methyl sites for hydroxylation is 2. The number of thioether (sulfide) groups is 1. The molecular weight excluding hydrogens is 332 g/mol. The Kier molecular flexibility index (Phi) is 5.34. The first-order chi connectivity index (χ1) is 12.1. The molecule has 128 valence electrons. The predicted molar refractivity (Wildman–Crippen MR) is 99.9 cm³/mol. The van der Waals surface area contributed by atoms with Crippen molar-refractivity contribution in [2.75, 3.05) is 0 Å². The SMILES string of the molecule is CCc1ccc(C(=O)C(C)Sc2nnc(-c3ccccc3C)o2)cc1. The first-order valence-electron chi connectivity index (χ1n) is 8.27. The van der Waals surface area contributed by atoms with Crippen molar-refractivity contribution in [2.45, 2.75) is 37.7 Å². The van der Waals surface area contributed by atoms with Crippen LogP contribution in [0.2, 0.25) is 0 Å². The number of benzene rings is 2. The summed E-state index contributed by atoms with van der Waals surface area (Å²) in [6.45, 7) is 5.95. The van der Waals surface area contributed by atoms with E-state index in [4.69, 9.17) is 4.42 Å². The number of aromatic nitrogens is 2. The van der Waals surface area contributed by atoms with Crippen LogP contribution in [-0.4, -0.2) is 21.2 Å². The predicted octanol–water partition coefficient (Wildman–Crippen LogP) is 4.97. The lowest BCUT2D eigenvalue weighted by Crippen LogP contribution is -2.13. The molecule has 0 bridgehead atoms. The molecule has 0 saturated carbocycles. The van der Waals surface area contributed by atoms with E-state index in [0.717, 1.165) is 17.5 Å². The Morgan fingerprint density at radius 2 is 1.84 bits per heavy atom. The van der Waals surface area contributed by atoms with E-state index in [2.05, 4.69) is 17.1 Å². The summed E-state index contributed by atoms with van der Waals surface area (Å²) in [5.74, 6) is 0.538. The molecule has 4 nitrogen and oxygen atoms in total. The van der Waals surface area contributed by atoms with Crippen LogP contribution in [0.4, 0.5) is 0 Å². The molecule has 0 aliphatic rings. The van der Waals surface area contributed by atoms with Gasteiger partial charge in [0, 0.05) is 11.1 Å². The zero-order valence-electron chi connectivity index (χ0n) is 14.5. The summed E-state index contributed by atoms with van der Waals surface area (Å²) >= 11 is 1.29. The minimum atomic E-state index is -0.294. The van der Waals surface area contributed by atoms with E-state index in [0.29, 0.717) is 16.7 Å². The zero-order chi connectivity index (χ0) is 17.8. The lowest BCUT2D eigenvalue weighted by Gasteiger charge is -2.08. The highest BCUT2D eigenvalue weighted by molar-refractivity contribution is 8.00. The van der Waals surface area contributed by atoms with Crippen molar-refractivity contribution in [3.63, 3.8) is 0 Å². The van der Waals surface area contributed by atoms with Crippen molar-refractivity contribution in [1.29, 1.82) is 0 Å². The van der Waals surface area contributed by atoms with Gasteiger partial charge in [0.15, 0.2) is 5.78 Å². The standard InChI is InChI=1S/C20H20N2O2S/c1-4-15-9-11-16(12-10-15)18(23)14(3)25-20-22-21-19(24-20)17-8-6-5-7-13(17)2/h5-12,14H,4H2,1-3H3. The summed E-state index contributed by atoms with van der Waals surface area (Å²) in [5, 5.41) is 8.29. The van der Waals surface area contributed by atoms with E-state index in [1.54, 1.807) is 0 Å². The molecule has 0 radical (unpaired) electrons. The highest BCUT2D eigenvalue weighted by atomic mass is 32.2. The molecule has 2 aromatic carbocycles. The van der Waals surface area contributed by atoms with Gasteiger partial charge in [0.05, 0.1) is 5.25 Å².